The number of rotatable bonds is 3. The van der Waals surface area contributed by atoms with E-state index in [1.54, 1.807) is 18.2 Å². The molecule has 0 aliphatic carbocycles. The van der Waals surface area contributed by atoms with Crippen LogP contribution in [0.25, 0.3) is 0 Å². The van der Waals surface area contributed by atoms with Crippen molar-refractivity contribution in [2.24, 2.45) is 0 Å². The number of carbonyl (C=O) groups is 1. The van der Waals surface area contributed by atoms with Gasteiger partial charge >= 0.3 is 5.97 Å². The molecule has 98 valence electrons. The summed E-state index contributed by atoms with van der Waals surface area (Å²) < 4.78 is 4.74. The molecule has 0 aromatic carbocycles. The van der Waals surface area contributed by atoms with Gasteiger partial charge in [0.25, 0.3) is 0 Å². The molecule has 4 heteroatoms. The SMILES string of the molecule is CC=CC#CC#Cc1ccc([C@@H](O)COC(C)=O)s1. The van der Waals surface area contributed by atoms with Gasteiger partial charge in [0.15, 0.2) is 0 Å². The summed E-state index contributed by atoms with van der Waals surface area (Å²) in [6.45, 7) is 3.16. The molecule has 1 atom stereocenters. The summed E-state index contributed by atoms with van der Waals surface area (Å²) in [4.78, 5) is 12.2. The van der Waals surface area contributed by atoms with Gasteiger partial charge in [-0.1, -0.05) is 12.0 Å². The van der Waals surface area contributed by atoms with Crippen LogP contribution in [-0.2, 0) is 9.53 Å². The smallest absolute Gasteiger partial charge is 0.302 e. The Bertz CT molecular complexity index is 576. The van der Waals surface area contributed by atoms with Gasteiger partial charge in [-0.05, 0) is 42.9 Å². The standard InChI is InChI=1S/C15H14O3S/c1-3-4-5-6-7-8-13-9-10-15(19-13)14(17)11-18-12(2)16/h3-4,9-10,14,17H,11H2,1-2H3/t14-/m0/s1. The molecule has 0 saturated heterocycles. The first-order valence-corrected chi connectivity index (χ1v) is 6.49. The van der Waals surface area contributed by atoms with Gasteiger partial charge in [0, 0.05) is 11.8 Å². The van der Waals surface area contributed by atoms with E-state index in [1.807, 2.05) is 13.0 Å². The number of carbonyl (C=O) groups excluding carboxylic acids is 1. The summed E-state index contributed by atoms with van der Waals surface area (Å²) in [7, 11) is 0. The van der Waals surface area contributed by atoms with Crippen LogP contribution in [-0.4, -0.2) is 17.7 Å². The summed E-state index contributed by atoms with van der Waals surface area (Å²) in [6.07, 6.45) is 2.75. The van der Waals surface area contributed by atoms with Gasteiger partial charge in [-0.3, -0.25) is 4.79 Å². The molecule has 0 spiro atoms. The van der Waals surface area contributed by atoms with Crippen LogP contribution in [0.2, 0.25) is 0 Å². The maximum atomic E-state index is 10.6. The normalized spacial score (nSPS) is 11.1. The minimum atomic E-state index is -0.807. The third-order valence-corrected chi connectivity index (χ3v) is 3.07. The molecular formula is C15H14O3S. The zero-order valence-electron chi connectivity index (χ0n) is 10.8. The second-order valence-electron chi connectivity index (χ2n) is 3.54. The summed E-state index contributed by atoms with van der Waals surface area (Å²) in [6, 6.07) is 3.57. The monoisotopic (exact) mass is 274 g/mol. The number of hydrogen-bond donors (Lipinski definition) is 1. The van der Waals surface area contributed by atoms with Crippen LogP contribution in [0.1, 0.15) is 29.7 Å². The molecular weight excluding hydrogens is 260 g/mol. The van der Waals surface area contributed by atoms with Crippen LogP contribution in [0.15, 0.2) is 24.3 Å². The Kier molecular flexibility index (Phi) is 6.46. The first-order chi connectivity index (χ1) is 9.13. The molecule has 19 heavy (non-hydrogen) atoms. The molecule has 0 radical (unpaired) electrons. The van der Waals surface area contributed by atoms with E-state index in [9.17, 15) is 9.90 Å². The Balaban J connectivity index is 2.62. The van der Waals surface area contributed by atoms with Gasteiger partial charge < -0.3 is 9.84 Å². The minimum Gasteiger partial charge on any atom is -0.463 e. The minimum absolute atomic E-state index is 0.0379. The summed E-state index contributed by atoms with van der Waals surface area (Å²) in [5.41, 5.74) is 0. The van der Waals surface area contributed by atoms with Crippen molar-refractivity contribution in [1.29, 1.82) is 0 Å². The molecule has 0 amide bonds. The zero-order chi connectivity index (χ0) is 14.1. The molecule has 0 saturated carbocycles. The van der Waals surface area contributed by atoms with Crippen molar-refractivity contribution in [3.8, 4) is 23.7 Å². The van der Waals surface area contributed by atoms with E-state index in [4.69, 9.17) is 4.74 Å². The lowest BCUT2D eigenvalue weighted by Crippen LogP contribution is -2.08. The fourth-order valence-corrected chi connectivity index (χ4v) is 1.96. The van der Waals surface area contributed by atoms with Crippen LogP contribution >= 0.6 is 11.3 Å². The van der Waals surface area contributed by atoms with Crippen molar-refractivity contribution in [2.75, 3.05) is 6.61 Å². The molecule has 1 aromatic rings. The molecule has 0 bridgehead atoms. The van der Waals surface area contributed by atoms with E-state index < -0.39 is 12.1 Å². The maximum absolute atomic E-state index is 10.6. The second kappa shape index (κ2) is 8.16. The number of hydrogen-bond acceptors (Lipinski definition) is 4. The number of allylic oxidation sites excluding steroid dienone is 2. The summed E-state index contributed by atoms with van der Waals surface area (Å²) >= 11 is 1.36. The summed E-state index contributed by atoms with van der Waals surface area (Å²) in [5.74, 6) is 10.6. The van der Waals surface area contributed by atoms with Crippen molar-refractivity contribution < 1.29 is 14.6 Å². The first kappa shape index (κ1) is 15.0. The van der Waals surface area contributed by atoms with E-state index in [2.05, 4.69) is 23.7 Å². The van der Waals surface area contributed by atoms with Crippen LogP contribution in [0, 0.1) is 23.7 Å². The van der Waals surface area contributed by atoms with E-state index in [0.29, 0.717) is 4.88 Å². The third-order valence-electron chi connectivity index (χ3n) is 1.97. The second-order valence-corrected chi connectivity index (χ2v) is 4.66. The van der Waals surface area contributed by atoms with E-state index >= 15 is 0 Å². The van der Waals surface area contributed by atoms with Gasteiger partial charge in [-0.2, -0.15) is 0 Å². The predicted octanol–water partition coefficient (Wildman–Crippen LogP) is 2.28. The summed E-state index contributed by atoms with van der Waals surface area (Å²) in [5, 5.41) is 9.77. The van der Waals surface area contributed by atoms with Crippen molar-refractivity contribution in [3.05, 3.63) is 34.0 Å². The fourth-order valence-electron chi connectivity index (χ4n) is 1.13. The van der Waals surface area contributed by atoms with Crippen molar-refractivity contribution in [3.63, 3.8) is 0 Å². The van der Waals surface area contributed by atoms with E-state index in [1.165, 1.54) is 18.3 Å². The molecule has 1 rings (SSSR count). The first-order valence-electron chi connectivity index (χ1n) is 5.67. The number of aliphatic hydroxyl groups is 1. The fraction of sp³-hybridized carbons (Fsp3) is 0.267. The Morgan fingerprint density at radius 2 is 2.32 bits per heavy atom. The Morgan fingerprint density at radius 3 is 3.00 bits per heavy atom. The highest BCUT2D eigenvalue weighted by atomic mass is 32.1. The zero-order valence-corrected chi connectivity index (χ0v) is 11.6. The van der Waals surface area contributed by atoms with Crippen LogP contribution < -0.4 is 0 Å². The average Bonchev–Trinajstić information content (AvgIpc) is 2.84. The van der Waals surface area contributed by atoms with Crippen molar-refractivity contribution >= 4 is 17.3 Å². The average molecular weight is 274 g/mol. The molecule has 1 heterocycles. The molecule has 1 N–H and O–H groups in total. The van der Waals surface area contributed by atoms with Gasteiger partial charge in [-0.15, -0.1) is 11.3 Å². The van der Waals surface area contributed by atoms with Gasteiger partial charge in [0.2, 0.25) is 0 Å². The van der Waals surface area contributed by atoms with Crippen LogP contribution in [0.3, 0.4) is 0 Å². The quantitative estimate of drug-likeness (QED) is 0.679. The number of thiophene rings is 1. The Morgan fingerprint density at radius 1 is 1.53 bits per heavy atom. The molecule has 1 aromatic heterocycles. The van der Waals surface area contributed by atoms with Crippen LogP contribution in [0.4, 0.5) is 0 Å². The Hall–Kier alpha value is -2.01. The lowest BCUT2D eigenvalue weighted by Gasteiger charge is -2.07. The van der Waals surface area contributed by atoms with Crippen molar-refractivity contribution in [2.45, 2.75) is 20.0 Å². The number of aliphatic hydroxyl groups excluding tert-OH is 1. The molecule has 0 fully saturated rings. The number of esters is 1. The lowest BCUT2D eigenvalue weighted by molar-refractivity contribution is -0.143. The molecule has 0 aliphatic rings. The predicted molar refractivity (Wildman–Crippen MR) is 75.4 cm³/mol. The van der Waals surface area contributed by atoms with E-state index in [-0.39, 0.29) is 6.61 Å². The van der Waals surface area contributed by atoms with Gasteiger partial charge in [0.05, 0.1) is 4.88 Å². The lowest BCUT2D eigenvalue weighted by atomic mass is 10.3. The van der Waals surface area contributed by atoms with E-state index in [0.717, 1.165) is 4.88 Å². The van der Waals surface area contributed by atoms with Crippen LogP contribution in [0.5, 0.6) is 0 Å². The number of ether oxygens (including phenoxy) is 1. The van der Waals surface area contributed by atoms with Crippen molar-refractivity contribution in [1.82, 2.24) is 0 Å². The largest absolute Gasteiger partial charge is 0.463 e. The van der Waals surface area contributed by atoms with Gasteiger partial charge in [-0.25, -0.2) is 0 Å². The molecule has 3 nitrogen and oxygen atoms in total. The topological polar surface area (TPSA) is 46.5 Å². The highest BCUT2D eigenvalue weighted by molar-refractivity contribution is 7.12. The molecule has 0 aliphatic heterocycles. The highest BCUT2D eigenvalue weighted by Gasteiger charge is 2.11. The highest BCUT2D eigenvalue weighted by Crippen LogP contribution is 2.22. The molecule has 0 unspecified atom stereocenters. The van der Waals surface area contributed by atoms with Gasteiger partial charge in [0.1, 0.15) is 12.7 Å². The Labute approximate surface area is 116 Å². The maximum Gasteiger partial charge on any atom is 0.302 e. The third kappa shape index (κ3) is 5.92.